The fourth-order valence-electron chi connectivity index (χ4n) is 2.05. The average molecular weight is 347 g/mol. The van der Waals surface area contributed by atoms with Crippen LogP contribution in [-0.2, 0) is 9.53 Å². The number of carbonyl (C=O) groups is 2. The third-order valence-electron chi connectivity index (χ3n) is 3.41. The number of amides is 1. The molecule has 0 aliphatic carbocycles. The maximum atomic E-state index is 13.6. The molecule has 0 saturated heterocycles. The lowest BCUT2D eigenvalue weighted by atomic mass is 10.2. The highest BCUT2D eigenvalue weighted by atomic mass is 19.1. The summed E-state index contributed by atoms with van der Waals surface area (Å²) in [6, 6.07) is 10.3. The predicted octanol–water partition coefficient (Wildman–Crippen LogP) is 3.03. The van der Waals surface area contributed by atoms with E-state index >= 15 is 0 Å². The van der Waals surface area contributed by atoms with Crippen molar-refractivity contribution < 1.29 is 28.2 Å². The minimum atomic E-state index is -1.14. The van der Waals surface area contributed by atoms with Gasteiger partial charge >= 0.3 is 5.97 Å². The van der Waals surface area contributed by atoms with Crippen LogP contribution in [0.15, 0.2) is 42.5 Å². The zero-order valence-electron chi connectivity index (χ0n) is 14.0. The van der Waals surface area contributed by atoms with Crippen molar-refractivity contribution in [2.75, 3.05) is 19.5 Å². The van der Waals surface area contributed by atoms with Gasteiger partial charge in [0.2, 0.25) is 0 Å². The van der Waals surface area contributed by atoms with Gasteiger partial charge in [-0.15, -0.1) is 0 Å². The van der Waals surface area contributed by atoms with Gasteiger partial charge in [-0.3, -0.25) is 4.79 Å². The number of methoxy groups -OCH3 is 2. The standard InChI is InChI=1S/C18H18FNO5/c1-11(17(21)20-15-7-5-4-6-14(15)19)25-18(22)13-10-12(23-2)8-9-16(13)24-3/h4-11H,1-3H3,(H,20,21)/t11-/m1/s1. The van der Waals surface area contributed by atoms with Crippen LogP contribution in [0.4, 0.5) is 10.1 Å². The van der Waals surface area contributed by atoms with Crippen LogP contribution in [0.1, 0.15) is 17.3 Å². The summed E-state index contributed by atoms with van der Waals surface area (Å²) in [5.41, 5.74) is 0.127. The Morgan fingerprint density at radius 2 is 1.80 bits per heavy atom. The van der Waals surface area contributed by atoms with E-state index in [9.17, 15) is 14.0 Å². The first kappa shape index (κ1) is 18.3. The molecule has 132 valence electrons. The second-order valence-electron chi connectivity index (χ2n) is 5.08. The number of para-hydroxylation sites is 1. The van der Waals surface area contributed by atoms with E-state index in [0.29, 0.717) is 5.75 Å². The molecule has 0 heterocycles. The van der Waals surface area contributed by atoms with E-state index in [1.165, 1.54) is 45.4 Å². The van der Waals surface area contributed by atoms with Crippen molar-refractivity contribution in [1.29, 1.82) is 0 Å². The fourth-order valence-corrected chi connectivity index (χ4v) is 2.05. The van der Waals surface area contributed by atoms with E-state index in [0.717, 1.165) is 0 Å². The normalized spacial score (nSPS) is 11.4. The summed E-state index contributed by atoms with van der Waals surface area (Å²) in [7, 11) is 2.87. The zero-order valence-corrected chi connectivity index (χ0v) is 14.0. The van der Waals surface area contributed by atoms with Crippen LogP contribution < -0.4 is 14.8 Å². The van der Waals surface area contributed by atoms with Crippen molar-refractivity contribution in [3.8, 4) is 11.5 Å². The minimum absolute atomic E-state index is 0.00867. The first-order chi connectivity index (χ1) is 12.0. The van der Waals surface area contributed by atoms with Crippen molar-refractivity contribution in [2.24, 2.45) is 0 Å². The minimum Gasteiger partial charge on any atom is -0.497 e. The Bertz CT molecular complexity index is 778. The highest BCUT2D eigenvalue weighted by Crippen LogP contribution is 2.25. The summed E-state index contributed by atoms with van der Waals surface area (Å²) in [5.74, 6) is -1.26. The molecule has 25 heavy (non-hydrogen) atoms. The highest BCUT2D eigenvalue weighted by Gasteiger charge is 2.22. The number of carbonyl (C=O) groups excluding carboxylic acids is 2. The molecule has 1 N–H and O–H groups in total. The third-order valence-corrected chi connectivity index (χ3v) is 3.41. The monoisotopic (exact) mass is 347 g/mol. The average Bonchev–Trinajstić information content (AvgIpc) is 2.62. The Morgan fingerprint density at radius 3 is 2.44 bits per heavy atom. The highest BCUT2D eigenvalue weighted by molar-refractivity contribution is 5.98. The lowest BCUT2D eigenvalue weighted by Gasteiger charge is -2.15. The van der Waals surface area contributed by atoms with E-state index in [1.807, 2.05) is 0 Å². The number of rotatable bonds is 6. The maximum absolute atomic E-state index is 13.6. The quantitative estimate of drug-likeness (QED) is 0.813. The molecule has 2 aromatic carbocycles. The number of anilines is 1. The molecule has 0 fully saturated rings. The van der Waals surface area contributed by atoms with Gasteiger partial charge in [-0.2, -0.15) is 0 Å². The first-order valence-electron chi connectivity index (χ1n) is 7.44. The van der Waals surface area contributed by atoms with Gasteiger partial charge in [0.15, 0.2) is 6.10 Å². The van der Waals surface area contributed by atoms with E-state index in [1.54, 1.807) is 18.2 Å². The molecular formula is C18H18FNO5. The number of nitrogens with one attached hydrogen (secondary N) is 1. The Hall–Kier alpha value is -3.09. The molecule has 0 aromatic heterocycles. The summed E-state index contributed by atoms with van der Waals surface area (Å²) in [4.78, 5) is 24.4. The first-order valence-corrected chi connectivity index (χ1v) is 7.44. The second kappa shape index (κ2) is 8.14. The molecule has 0 bridgehead atoms. The van der Waals surface area contributed by atoms with Crippen molar-refractivity contribution >= 4 is 17.6 Å². The van der Waals surface area contributed by atoms with Crippen molar-refractivity contribution in [1.82, 2.24) is 0 Å². The van der Waals surface area contributed by atoms with Gasteiger partial charge < -0.3 is 19.5 Å². The lowest BCUT2D eigenvalue weighted by molar-refractivity contribution is -0.123. The van der Waals surface area contributed by atoms with Crippen LogP contribution in [0.2, 0.25) is 0 Å². The Balaban J connectivity index is 2.09. The number of ether oxygens (including phenoxy) is 3. The molecule has 6 nitrogen and oxygen atoms in total. The number of hydrogen-bond acceptors (Lipinski definition) is 5. The van der Waals surface area contributed by atoms with Crippen molar-refractivity contribution in [2.45, 2.75) is 13.0 Å². The zero-order chi connectivity index (χ0) is 18.4. The summed E-state index contributed by atoms with van der Waals surface area (Å²) in [5, 5.41) is 2.37. The summed E-state index contributed by atoms with van der Waals surface area (Å²) < 4.78 is 28.9. The summed E-state index contributed by atoms with van der Waals surface area (Å²) in [6.45, 7) is 1.39. The summed E-state index contributed by atoms with van der Waals surface area (Å²) in [6.07, 6.45) is -1.14. The molecule has 0 radical (unpaired) electrons. The van der Waals surface area contributed by atoms with Gasteiger partial charge in [0.25, 0.3) is 5.91 Å². The van der Waals surface area contributed by atoms with E-state index in [2.05, 4.69) is 5.32 Å². The molecule has 2 aromatic rings. The largest absolute Gasteiger partial charge is 0.497 e. The SMILES string of the molecule is COc1ccc(OC)c(C(=O)O[C@H](C)C(=O)Nc2ccccc2F)c1. The van der Waals surface area contributed by atoms with Gasteiger partial charge in [-0.1, -0.05) is 12.1 Å². The van der Waals surface area contributed by atoms with Crippen LogP contribution >= 0.6 is 0 Å². The third kappa shape index (κ3) is 4.47. The van der Waals surface area contributed by atoms with Gasteiger partial charge in [0, 0.05) is 0 Å². The van der Waals surface area contributed by atoms with Crippen LogP contribution in [0.5, 0.6) is 11.5 Å². The second-order valence-corrected chi connectivity index (χ2v) is 5.08. The maximum Gasteiger partial charge on any atom is 0.342 e. The predicted molar refractivity (Wildman–Crippen MR) is 89.5 cm³/mol. The Morgan fingerprint density at radius 1 is 1.08 bits per heavy atom. The van der Waals surface area contributed by atoms with Crippen molar-refractivity contribution in [3.63, 3.8) is 0 Å². The number of benzene rings is 2. The molecule has 1 atom stereocenters. The van der Waals surface area contributed by atoms with Crippen LogP contribution in [0, 0.1) is 5.82 Å². The van der Waals surface area contributed by atoms with Gasteiger partial charge in [0.1, 0.15) is 22.9 Å². The molecule has 0 aliphatic heterocycles. The number of hydrogen-bond donors (Lipinski definition) is 1. The van der Waals surface area contributed by atoms with Crippen LogP contribution in [-0.4, -0.2) is 32.2 Å². The van der Waals surface area contributed by atoms with Crippen molar-refractivity contribution in [3.05, 3.63) is 53.8 Å². The molecule has 0 unspecified atom stereocenters. The molecular weight excluding hydrogens is 329 g/mol. The van der Waals surface area contributed by atoms with Crippen LogP contribution in [0.3, 0.4) is 0 Å². The molecule has 2 rings (SSSR count). The summed E-state index contributed by atoms with van der Waals surface area (Å²) >= 11 is 0. The number of halogens is 1. The molecule has 0 aliphatic rings. The van der Waals surface area contributed by atoms with E-state index in [4.69, 9.17) is 14.2 Å². The van der Waals surface area contributed by atoms with Gasteiger partial charge in [0.05, 0.1) is 19.9 Å². The lowest BCUT2D eigenvalue weighted by Crippen LogP contribution is -2.30. The molecule has 1 amide bonds. The Labute approximate surface area is 144 Å². The van der Waals surface area contributed by atoms with Crippen LogP contribution in [0.25, 0.3) is 0 Å². The topological polar surface area (TPSA) is 73.9 Å². The van der Waals surface area contributed by atoms with Gasteiger partial charge in [-0.05, 0) is 37.3 Å². The molecule has 7 heteroatoms. The number of esters is 1. The van der Waals surface area contributed by atoms with E-state index < -0.39 is 23.8 Å². The van der Waals surface area contributed by atoms with E-state index in [-0.39, 0.29) is 17.0 Å². The smallest absolute Gasteiger partial charge is 0.342 e. The fraction of sp³-hybridized carbons (Fsp3) is 0.222. The molecule has 0 spiro atoms. The Kier molecular flexibility index (Phi) is 5.94. The van der Waals surface area contributed by atoms with Gasteiger partial charge in [-0.25, -0.2) is 9.18 Å². The molecule has 0 saturated carbocycles.